The number of carbonyl (C=O) groups excluding carboxylic acids is 1. The molecule has 0 fully saturated rings. The molecule has 0 radical (unpaired) electrons. The quantitative estimate of drug-likeness (QED) is 0.645. The molecule has 17 heavy (non-hydrogen) atoms. The summed E-state index contributed by atoms with van der Waals surface area (Å²) in [7, 11) is 0. The average Bonchev–Trinajstić information content (AvgIpc) is 2.75. The molecule has 0 atom stereocenters. The number of furan rings is 1. The fourth-order valence-corrected chi connectivity index (χ4v) is 1.48. The van der Waals surface area contributed by atoms with E-state index >= 15 is 0 Å². The van der Waals surface area contributed by atoms with Gasteiger partial charge >= 0.3 is 5.88 Å². The zero-order chi connectivity index (χ0) is 12.4. The maximum atomic E-state index is 11.1. The summed E-state index contributed by atoms with van der Waals surface area (Å²) in [5, 5.41) is 10.6. The van der Waals surface area contributed by atoms with Gasteiger partial charge < -0.3 is 10.2 Å². The average molecular weight is 232 g/mol. The molecule has 6 heteroatoms. The number of benzene rings is 1. The first-order valence-electron chi connectivity index (χ1n) is 4.73. The number of carbonyl (C=O) groups is 1. The van der Waals surface area contributed by atoms with Crippen LogP contribution in [0.15, 0.2) is 40.8 Å². The molecule has 0 aliphatic carbocycles. The van der Waals surface area contributed by atoms with E-state index in [-0.39, 0.29) is 5.76 Å². The molecule has 2 aromatic rings. The lowest BCUT2D eigenvalue weighted by Crippen LogP contribution is -2.10. The van der Waals surface area contributed by atoms with Crippen LogP contribution in [-0.2, 0) is 0 Å². The number of primary amides is 1. The van der Waals surface area contributed by atoms with E-state index in [1.807, 2.05) is 0 Å². The number of nitrogens with zero attached hydrogens (tertiary/aromatic N) is 1. The van der Waals surface area contributed by atoms with E-state index in [0.29, 0.717) is 11.1 Å². The summed E-state index contributed by atoms with van der Waals surface area (Å²) in [6.07, 6.45) is 0. The Morgan fingerprint density at radius 3 is 2.47 bits per heavy atom. The minimum Gasteiger partial charge on any atom is -0.395 e. The van der Waals surface area contributed by atoms with E-state index in [2.05, 4.69) is 0 Å². The number of hydrogen-bond donors (Lipinski definition) is 1. The third kappa shape index (κ3) is 2.00. The van der Waals surface area contributed by atoms with Crippen molar-refractivity contribution in [1.82, 2.24) is 0 Å². The van der Waals surface area contributed by atoms with Crippen LogP contribution in [0, 0.1) is 10.1 Å². The van der Waals surface area contributed by atoms with Gasteiger partial charge in [-0.2, -0.15) is 0 Å². The summed E-state index contributed by atoms with van der Waals surface area (Å²) in [5.74, 6) is -1.54. The third-order valence-corrected chi connectivity index (χ3v) is 2.21. The van der Waals surface area contributed by atoms with E-state index < -0.39 is 16.7 Å². The number of hydrogen-bond acceptors (Lipinski definition) is 4. The first-order chi connectivity index (χ1) is 8.09. The largest absolute Gasteiger partial charge is 0.434 e. The lowest BCUT2D eigenvalue weighted by molar-refractivity contribution is -0.402. The van der Waals surface area contributed by atoms with E-state index in [9.17, 15) is 14.9 Å². The zero-order valence-electron chi connectivity index (χ0n) is 8.62. The molecule has 0 bridgehead atoms. The van der Waals surface area contributed by atoms with Crippen LogP contribution >= 0.6 is 0 Å². The van der Waals surface area contributed by atoms with Crippen LogP contribution in [0.4, 0.5) is 5.88 Å². The van der Waals surface area contributed by atoms with Gasteiger partial charge in [0, 0.05) is 5.56 Å². The first kappa shape index (κ1) is 10.9. The van der Waals surface area contributed by atoms with Crippen molar-refractivity contribution in [2.75, 3.05) is 0 Å². The van der Waals surface area contributed by atoms with E-state index in [1.165, 1.54) is 6.07 Å². The van der Waals surface area contributed by atoms with Crippen LogP contribution in [0.5, 0.6) is 0 Å². The molecule has 0 saturated carbocycles. The molecule has 86 valence electrons. The van der Waals surface area contributed by atoms with Crippen molar-refractivity contribution < 1.29 is 14.1 Å². The van der Waals surface area contributed by atoms with Crippen LogP contribution in [0.2, 0.25) is 0 Å². The van der Waals surface area contributed by atoms with Gasteiger partial charge in [0.1, 0.15) is 4.92 Å². The molecule has 2 rings (SSSR count). The molecule has 0 spiro atoms. The lowest BCUT2D eigenvalue weighted by Gasteiger charge is -1.97. The van der Waals surface area contributed by atoms with Gasteiger partial charge in [0.25, 0.3) is 5.91 Å². The second kappa shape index (κ2) is 4.09. The summed E-state index contributed by atoms with van der Waals surface area (Å²) in [4.78, 5) is 21.0. The standard InChI is InChI=1S/C11H8N2O4/c12-11(14)10-8(6-9(17-10)13(15)16)7-4-2-1-3-5-7/h1-6H,(H2,12,14). The highest BCUT2D eigenvalue weighted by atomic mass is 16.6. The molecular formula is C11H8N2O4. The van der Waals surface area contributed by atoms with Gasteiger partial charge in [-0.1, -0.05) is 30.3 Å². The van der Waals surface area contributed by atoms with Gasteiger partial charge in [-0.3, -0.25) is 14.9 Å². The van der Waals surface area contributed by atoms with Gasteiger partial charge in [0.2, 0.25) is 5.76 Å². The fraction of sp³-hybridized carbons (Fsp3) is 0. The molecule has 1 heterocycles. The number of rotatable bonds is 3. The molecule has 0 unspecified atom stereocenters. The topological polar surface area (TPSA) is 99.4 Å². The summed E-state index contributed by atoms with van der Waals surface area (Å²) in [5.41, 5.74) is 6.07. The third-order valence-electron chi connectivity index (χ3n) is 2.21. The maximum Gasteiger partial charge on any atom is 0.434 e. The van der Waals surface area contributed by atoms with E-state index in [4.69, 9.17) is 10.2 Å². The Labute approximate surface area is 95.8 Å². The Balaban J connectivity index is 2.60. The summed E-state index contributed by atoms with van der Waals surface area (Å²) in [6, 6.07) is 9.90. The van der Waals surface area contributed by atoms with Gasteiger partial charge in [-0.15, -0.1) is 0 Å². The Hall–Kier alpha value is -2.63. The smallest absolute Gasteiger partial charge is 0.395 e. The molecular weight excluding hydrogens is 224 g/mol. The van der Waals surface area contributed by atoms with Crippen molar-refractivity contribution in [2.45, 2.75) is 0 Å². The summed E-state index contributed by atoms with van der Waals surface area (Å²) >= 11 is 0. The number of nitro groups is 1. The molecule has 1 amide bonds. The normalized spacial score (nSPS) is 10.1. The van der Waals surface area contributed by atoms with Crippen LogP contribution in [0.3, 0.4) is 0 Å². The van der Waals surface area contributed by atoms with E-state index in [1.54, 1.807) is 30.3 Å². The highest BCUT2D eigenvalue weighted by Crippen LogP contribution is 2.30. The molecule has 0 aliphatic rings. The van der Waals surface area contributed by atoms with Gasteiger partial charge in [-0.25, -0.2) is 0 Å². The predicted molar refractivity (Wildman–Crippen MR) is 59.3 cm³/mol. The molecule has 6 nitrogen and oxygen atoms in total. The van der Waals surface area contributed by atoms with Gasteiger partial charge in [-0.05, 0) is 5.56 Å². The van der Waals surface area contributed by atoms with Crippen molar-refractivity contribution in [3.8, 4) is 11.1 Å². The van der Waals surface area contributed by atoms with Gasteiger partial charge in [0.15, 0.2) is 0 Å². The second-order valence-electron chi connectivity index (χ2n) is 3.31. The van der Waals surface area contributed by atoms with E-state index in [0.717, 1.165) is 0 Å². The zero-order valence-corrected chi connectivity index (χ0v) is 8.62. The highest BCUT2D eigenvalue weighted by molar-refractivity contribution is 5.97. The molecule has 1 aromatic heterocycles. The van der Waals surface area contributed by atoms with Crippen molar-refractivity contribution in [2.24, 2.45) is 5.73 Å². The number of nitrogens with two attached hydrogens (primary N) is 1. The van der Waals surface area contributed by atoms with Crippen LogP contribution in [0.25, 0.3) is 11.1 Å². The lowest BCUT2D eigenvalue weighted by atomic mass is 10.1. The summed E-state index contributed by atoms with van der Waals surface area (Å²) < 4.78 is 4.82. The molecule has 0 saturated heterocycles. The highest BCUT2D eigenvalue weighted by Gasteiger charge is 2.22. The molecule has 0 aliphatic heterocycles. The van der Waals surface area contributed by atoms with Crippen LogP contribution in [0.1, 0.15) is 10.6 Å². The Morgan fingerprint density at radius 2 is 1.94 bits per heavy atom. The van der Waals surface area contributed by atoms with Crippen molar-refractivity contribution >= 4 is 11.8 Å². The van der Waals surface area contributed by atoms with Gasteiger partial charge in [0.05, 0.1) is 6.07 Å². The Morgan fingerprint density at radius 1 is 1.29 bits per heavy atom. The monoisotopic (exact) mass is 232 g/mol. The first-order valence-corrected chi connectivity index (χ1v) is 4.73. The van der Waals surface area contributed by atoms with Crippen molar-refractivity contribution in [3.63, 3.8) is 0 Å². The Kier molecular flexibility index (Phi) is 2.61. The minimum absolute atomic E-state index is 0.206. The van der Waals surface area contributed by atoms with Crippen molar-refractivity contribution in [1.29, 1.82) is 0 Å². The summed E-state index contributed by atoms with van der Waals surface area (Å²) in [6.45, 7) is 0. The van der Waals surface area contributed by atoms with Crippen molar-refractivity contribution in [3.05, 3.63) is 52.3 Å². The molecule has 1 aromatic carbocycles. The minimum atomic E-state index is -0.836. The Bertz CT molecular complexity index is 574. The number of amides is 1. The van der Waals surface area contributed by atoms with Crippen LogP contribution < -0.4 is 5.73 Å². The fourth-order valence-electron chi connectivity index (χ4n) is 1.48. The SMILES string of the molecule is NC(=O)c1oc([N+](=O)[O-])cc1-c1ccccc1. The molecule has 2 N–H and O–H groups in total. The maximum absolute atomic E-state index is 11.1. The second-order valence-corrected chi connectivity index (χ2v) is 3.31. The predicted octanol–water partition coefficient (Wildman–Crippen LogP) is 1.95. The van der Waals surface area contributed by atoms with Crippen LogP contribution in [-0.4, -0.2) is 10.8 Å².